The molecule has 5 nitrogen and oxygen atoms in total. The minimum absolute atomic E-state index is 0.0809. The number of carbonyl (C=O) groups excluding carboxylic acids is 2. The number of hydrogen-bond donors (Lipinski definition) is 1. The summed E-state index contributed by atoms with van der Waals surface area (Å²) >= 11 is 0. The molecule has 0 heterocycles. The van der Waals surface area contributed by atoms with Crippen molar-refractivity contribution in [3.63, 3.8) is 0 Å². The summed E-state index contributed by atoms with van der Waals surface area (Å²) in [5, 5.41) is 4.85. The van der Waals surface area contributed by atoms with E-state index in [1.54, 1.807) is 0 Å². The molecule has 0 atom stereocenters. The van der Waals surface area contributed by atoms with Gasteiger partial charge in [-0.05, 0) is 41.5 Å². The molecule has 3 aromatic carbocycles. The lowest BCUT2D eigenvalue weighted by molar-refractivity contribution is -0.147. The zero-order chi connectivity index (χ0) is 19.1. The Kier molecular flexibility index (Phi) is 6.05. The van der Waals surface area contributed by atoms with E-state index in [1.165, 1.54) is 0 Å². The standard InChI is InChI=1S/C22H21NO4/c1-16-6-2-5-9-20(16)26-13-12-22(25)27-15-21(24)23-19-11-10-17-7-3-4-8-18(17)14-19/h2-11,14H,12-13,15H2,1H3,(H,23,24). The average Bonchev–Trinajstić information content (AvgIpc) is 2.68. The van der Waals surface area contributed by atoms with E-state index in [1.807, 2.05) is 73.7 Å². The predicted molar refractivity (Wildman–Crippen MR) is 105 cm³/mol. The van der Waals surface area contributed by atoms with Crippen LogP contribution in [0.15, 0.2) is 66.7 Å². The third-order valence-corrected chi connectivity index (χ3v) is 4.05. The number of anilines is 1. The first-order valence-corrected chi connectivity index (χ1v) is 8.74. The summed E-state index contributed by atoms with van der Waals surface area (Å²) in [6, 6.07) is 21.1. The van der Waals surface area contributed by atoms with Crippen LogP contribution < -0.4 is 10.1 Å². The molecule has 0 radical (unpaired) electrons. The molecule has 0 aliphatic carbocycles. The van der Waals surface area contributed by atoms with Crippen molar-refractivity contribution in [3.8, 4) is 5.75 Å². The van der Waals surface area contributed by atoms with E-state index in [4.69, 9.17) is 9.47 Å². The van der Waals surface area contributed by atoms with Gasteiger partial charge in [0, 0.05) is 5.69 Å². The van der Waals surface area contributed by atoms with E-state index in [0.717, 1.165) is 22.1 Å². The number of rotatable bonds is 7. The van der Waals surface area contributed by atoms with Crippen LogP contribution in [0.5, 0.6) is 5.75 Å². The molecule has 1 N–H and O–H groups in total. The largest absolute Gasteiger partial charge is 0.493 e. The van der Waals surface area contributed by atoms with Crippen molar-refractivity contribution in [3.05, 3.63) is 72.3 Å². The molecule has 1 amide bonds. The van der Waals surface area contributed by atoms with Crippen molar-refractivity contribution in [2.24, 2.45) is 0 Å². The molecule has 3 rings (SSSR count). The minimum Gasteiger partial charge on any atom is -0.493 e. The predicted octanol–water partition coefficient (Wildman–Crippen LogP) is 4.10. The number of benzene rings is 3. The molecule has 0 aliphatic rings. The number of fused-ring (bicyclic) bond motifs is 1. The van der Waals surface area contributed by atoms with Gasteiger partial charge in [-0.1, -0.05) is 48.5 Å². The van der Waals surface area contributed by atoms with Crippen molar-refractivity contribution >= 4 is 28.3 Å². The second kappa shape index (κ2) is 8.85. The molecule has 0 bridgehead atoms. The fourth-order valence-corrected chi connectivity index (χ4v) is 2.65. The maximum Gasteiger partial charge on any atom is 0.309 e. The highest BCUT2D eigenvalue weighted by Crippen LogP contribution is 2.19. The zero-order valence-corrected chi connectivity index (χ0v) is 15.1. The van der Waals surface area contributed by atoms with Crippen molar-refractivity contribution in [1.29, 1.82) is 0 Å². The summed E-state index contributed by atoms with van der Waals surface area (Å²) in [6.07, 6.45) is 0.0809. The number of esters is 1. The summed E-state index contributed by atoms with van der Waals surface area (Å²) in [6.45, 7) is 1.82. The number of aryl methyl sites for hydroxylation is 1. The molecule has 0 spiro atoms. The molecular formula is C22H21NO4. The van der Waals surface area contributed by atoms with Crippen molar-refractivity contribution < 1.29 is 19.1 Å². The molecule has 138 valence electrons. The number of nitrogens with one attached hydrogen (secondary N) is 1. The Balaban J connectivity index is 1.41. The Hall–Kier alpha value is -3.34. The lowest BCUT2D eigenvalue weighted by atomic mass is 10.1. The highest BCUT2D eigenvalue weighted by molar-refractivity contribution is 5.95. The maximum absolute atomic E-state index is 12.0. The van der Waals surface area contributed by atoms with E-state index >= 15 is 0 Å². The van der Waals surface area contributed by atoms with Gasteiger partial charge in [0.25, 0.3) is 5.91 Å². The van der Waals surface area contributed by atoms with Crippen LogP contribution in [0.4, 0.5) is 5.69 Å². The lowest BCUT2D eigenvalue weighted by Gasteiger charge is -2.09. The summed E-state index contributed by atoms with van der Waals surface area (Å²) in [7, 11) is 0. The fraction of sp³-hybridized carbons (Fsp3) is 0.182. The van der Waals surface area contributed by atoms with Gasteiger partial charge in [0.2, 0.25) is 0 Å². The van der Waals surface area contributed by atoms with E-state index in [2.05, 4.69) is 5.32 Å². The molecule has 0 fully saturated rings. The Bertz CT molecular complexity index is 952. The Morgan fingerprint density at radius 1 is 0.926 bits per heavy atom. The molecule has 5 heteroatoms. The molecule has 0 saturated heterocycles. The number of carbonyl (C=O) groups is 2. The molecule has 0 aromatic heterocycles. The van der Waals surface area contributed by atoms with E-state index < -0.39 is 5.97 Å². The first-order valence-electron chi connectivity index (χ1n) is 8.74. The Morgan fingerprint density at radius 2 is 1.67 bits per heavy atom. The lowest BCUT2D eigenvalue weighted by Crippen LogP contribution is -2.21. The zero-order valence-electron chi connectivity index (χ0n) is 15.1. The molecule has 27 heavy (non-hydrogen) atoms. The van der Waals surface area contributed by atoms with Gasteiger partial charge in [-0.15, -0.1) is 0 Å². The first kappa shape index (κ1) is 18.5. The molecule has 0 unspecified atom stereocenters. The average molecular weight is 363 g/mol. The monoisotopic (exact) mass is 363 g/mol. The summed E-state index contributed by atoms with van der Waals surface area (Å²) in [5.41, 5.74) is 1.67. The van der Waals surface area contributed by atoms with Crippen LogP contribution in [0.3, 0.4) is 0 Å². The number of para-hydroxylation sites is 1. The molecule has 0 saturated carbocycles. The van der Waals surface area contributed by atoms with Crippen LogP contribution in [0.2, 0.25) is 0 Å². The fourth-order valence-electron chi connectivity index (χ4n) is 2.65. The van der Waals surface area contributed by atoms with Gasteiger partial charge >= 0.3 is 5.97 Å². The van der Waals surface area contributed by atoms with Crippen molar-refractivity contribution in [1.82, 2.24) is 0 Å². The van der Waals surface area contributed by atoms with Gasteiger partial charge in [0.15, 0.2) is 6.61 Å². The first-order chi connectivity index (χ1) is 13.1. The van der Waals surface area contributed by atoms with Crippen LogP contribution in [-0.2, 0) is 14.3 Å². The molecular weight excluding hydrogens is 342 g/mol. The topological polar surface area (TPSA) is 64.6 Å². The van der Waals surface area contributed by atoms with Crippen LogP contribution in [-0.4, -0.2) is 25.1 Å². The Morgan fingerprint density at radius 3 is 2.48 bits per heavy atom. The van der Waals surface area contributed by atoms with Gasteiger partial charge < -0.3 is 14.8 Å². The quantitative estimate of drug-likeness (QED) is 0.642. The van der Waals surface area contributed by atoms with Crippen molar-refractivity contribution in [2.45, 2.75) is 13.3 Å². The van der Waals surface area contributed by atoms with Gasteiger partial charge in [-0.3, -0.25) is 9.59 Å². The summed E-state index contributed by atoms with van der Waals surface area (Å²) < 4.78 is 10.6. The number of amides is 1. The highest BCUT2D eigenvalue weighted by Gasteiger charge is 2.09. The van der Waals surface area contributed by atoms with Gasteiger partial charge in [0.05, 0.1) is 13.0 Å². The smallest absolute Gasteiger partial charge is 0.309 e. The van der Waals surface area contributed by atoms with E-state index in [-0.39, 0.29) is 25.5 Å². The summed E-state index contributed by atoms with van der Waals surface area (Å²) in [5.74, 6) is -0.116. The van der Waals surface area contributed by atoms with E-state index in [9.17, 15) is 9.59 Å². The normalized spacial score (nSPS) is 10.4. The maximum atomic E-state index is 12.0. The third-order valence-electron chi connectivity index (χ3n) is 4.05. The summed E-state index contributed by atoms with van der Waals surface area (Å²) in [4.78, 5) is 23.7. The second-order valence-corrected chi connectivity index (χ2v) is 6.13. The van der Waals surface area contributed by atoms with Crippen LogP contribution in [0.1, 0.15) is 12.0 Å². The van der Waals surface area contributed by atoms with Crippen molar-refractivity contribution in [2.75, 3.05) is 18.5 Å². The minimum atomic E-state index is -0.475. The molecule has 3 aromatic rings. The number of ether oxygens (including phenoxy) is 2. The van der Waals surface area contributed by atoms with Gasteiger partial charge in [-0.25, -0.2) is 0 Å². The van der Waals surface area contributed by atoms with Crippen LogP contribution >= 0.6 is 0 Å². The SMILES string of the molecule is Cc1ccccc1OCCC(=O)OCC(=O)Nc1ccc2ccccc2c1. The number of hydrogen-bond acceptors (Lipinski definition) is 4. The molecule has 0 aliphatic heterocycles. The highest BCUT2D eigenvalue weighted by atomic mass is 16.5. The Labute approximate surface area is 157 Å². The van der Waals surface area contributed by atoms with Gasteiger partial charge in [0.1, 0.15) is 5.75 Å². The second-order valence-electron chi connectivity index (χ2n) is 6.13. The van der Waals surface area contributed by atoms with Gasteiger partial charge in [-0.2, -0.15) is 0 Å². The third kappa shape index (κ3) is 5.31. The van der Waals surface area contributed by atoms with Crippen LogP contribution in [0.25, 0.3) is 10.8 Å². The van der Waals surface area contributed by atoms with Crippen LogP contribution in [0, 0.1) is 6.92 Å². The van der Waals surface area contributed by atoms with E-state index in [0.29, 0.717) is 5.69 Å².